The highest BCUT2D eigenvalue weighted by molar-refractivity contribution is 7.99. The van der Waals surface area contributed by atoms with Crippen LogP contribution < -0.4 is 0 Å². The van der Waals surface area contributed by atoms with Gasteiger partial charge in [0.2, 0.25) is 5.91 Å². The summed E-state index contributed by atoms with van der Waals surface area (Å²) >= 11 is 7.41. The summed E-state index contributed by atoms with van der Waals surface area (Å²) in [4.78, 5) is 18.9. The third kappa shape index (κ3) is 6.37. The predicted octanol–water partition coefficient (Wildman–Crippen LogP) is 5.00. The van der Waals surface area contributed by atoms with Crippen molar-refractivity contribution in [3.8, 4) is 23.4 Å². The van der Waals surface area contributed by atoms with Gasteiger partial charge in [0, 0.05) is 18.1 Å². The number of nitrogens with zero attached hydrogens (tertiary/aromatic N) is 5. The monoisotopic (exact) mass is 463 g/mol. The molecule has 2 aromatic carbocycles. The number of hydrogen-bond acceptors (Lipinski definition) is 5. The van der Waals surface area contributed by atoms with Crippen LogP contribution >= 0.6 is 23.4 Å². The van der Waals surface area contributed by atoms with Crippen LogP contribution in [0, 0.1) is 22.7 Å². The summed E-state index contributed by atoms with van der Waals surface area (Å²) < 4.78 is 2.09. The average molecular weight is 464 g/mol. The first kappa shape index (κ1) is 23.4. The molecule has 0 aliphatic heterocycles. The van der Waals surface area contributed by atoms with Crippen molar-refractivity contribution in [1.29, 1.82) is 10.5 Å². The Hall–Kier alpha value is -3.26. The van der Waals surface area contributed by atoms with Crippen LogP contribution in [0.25, 0.3) is 11.3 Å². The van der Waals surface area contributed by atoms with Crippen LogP contribution in [0.4, 0.5) is 0 Å². The van der Waals surface area contributed by atoms with E-state index in [9.17, 15) is 4.79 Å². The molecule has 6 nitrogen and oxygen atoms in total. The predicted molar refractivity (Wildman–Crippen MR) is 126 cm³/mol. The molecule has 3 aromatic rings. The zero-order valence-electron chi connectivity index (χ0n) is 17.4. The molecule has 0 fully saturated rings. The number of benzene rings is 2. The highest BCUT2D eigenvalue weighted by atomic mass is 35.5. The van der Waals surface area contributed by atoms with Gasteiger partial charge in [-0.05, 0) is 23.3 Å². The van der Waals surface area contributed by atoms with Crippen LogP contribution in [0.15, 0.2) is 66.0 Å². The van der Waals surface area contributed by atoms with E-state index in [0.717, 1.165) is 22.0 Å². The lowest BCUT2D eigenvalue weighted by molar-refractivity contribution is -0.128. The van der Waals surface area contributed by atoms with Crippen LogP contribution in [0.5, 0.6) is 0 Å². The average Bonchev–Trinajstić information content (AvgIpc) is 3.21. The van der Waals surface area contributed by atoms with Crippen LogP contribution in [0.1, 0.15) is 18.4 Å². The van der Waals surface area contributed by atoms with Gasteiger partial charge >= 0.3 is 0 Å². The lowest BCUT2D eigenvalue weighted by atomic mass is 10.1. The quantitative estimate of drug-likeness (QED) is 0.395. The molecule has 3 rings (SSSR count). The van der Waals surface area contributed by atoms with Crippen LogP contribution in [-0.2, 0) is 11.3 Å². The number of carbonyl (C=O) groups is 1. The smallest absolute Gasteiger partial charge is 0.233 e. The molecule has 0 bridgehead atoms. The van der Waals surface area contributed by atoms with Crippen LogP contribution in [0.2, 0.25) is 5.02 Å². The van der Waals surface area contributed by atoms with E-state index in [-0.39, 0.29) is 24.5 Å². The number of nitriles is 2. The van der Waals surface area contributed by atoms with Gasteiger partial charge in [0.25, 0.3) is 0 Å². The Morgan fingerprint density at radius 2 is 1.69 bits per heavy atom. The van der Waals surface area contributed by atoms with Crippen molar-refractivity contribution < 1.29 is 4.79 Å². The number of imidazole rings is 1. The number of halogens is 1. The van der Waals surface area contributed by atoms with Crippen molar-refractivity contribution in [2.75, 3.05) is 18.8 Å². The molecule has 0 aliphatic carbocycles. The fourth-order valence-electron chi connectivity index (χ4n) is 3.19. The molecule has 1 amide bonds. The lowest BCUT2D eigenvalue weighted by Gasteiger charge is -2.20. The third-order valence-electron chi connectivity index (χ3n) is 4.81. The maximum atomic E-state index is 12.7. The SMILES string of the molecule is N#CCCN(CCC#N)C(=O)CSc1ncc(-c2ccc(Cl)cc2)n1Cc1ccccc1. The topological polar surface area (TPSA) is 85.7 Å². The molecule has 162 valence electrons. The van der Waals surface area contributed by atoms with E-state index < -0.39 is 0 Å². The van der Waals surface area contributed by atoms with Gasteiger partial charge in [0.1, 0.15) is 0 Å². The zero-order valence-corrected chi connectivity index (χ0v) is 19.0. The molecule has 1 heterocycles. The Morgan fingerprint density at radius 1 is 1.03 bits per heavy atom. The number of hydrogen-bond donors (Lipinski definition) is 0. The Kier molecular flexibility index (Phi) is 8.74. The minimum atomic E-state index is -0.109. The molecule has 0 unspecified atom stereocenters. The first-order valence-electron chi connectivity index (χ1n) is 10.1. The largest absolute Gasteiger partial charge is 0.340 e. The molecule has 0 saturated heterocycles. The number of thioether (sulfide) groups is 1. The number of carbonyl (C=O) groups excluding carboxylic acids is 1. The standard InChI is InChI=1S/C24H22ClN5OS/c25-21-10-8-20(9-11-21)22-16-28-24(30(22)17-19-6-2-1-3-7-19)32-18-23(31)29(14-4-12-26)15-5-13-27/h1-3,6-11,16H,4-5,14-15,17-18H2. The summed E-state index contributed by atoms with van der Waals surface area (Å²) in [5, 5.41) is 19.1. The minimum absolute atomic E-state index is 0.109. The van der Waals surface area contributed by atoms with Gasteiger partial charge in [-0.3, -0.25) is 4.79 Å². The van der Waals surface area contributed by atoms with E-state index in [1.807, 2.05) is 48.7 Å². The van der Waals surface area contributed by atoms with E-state index in [1.165, 1.54) is 11.8 Å². The Balaban J connectivity index is 1.82. The number of amides is 1. The summed E-state index contributed by atoms with van der Waals surface area (Å²) in [7, 11) is 0. The van der Waals surface area contributed by atoms with Gasteiger partial charge in [-0.1, -0.05) is 65.8 Å². The third-order valence-corrected chi connectivity index (χ3v) is 6.03. The fourth-order valence-corrected chi connectivity index (χ4v) is 4.20. The second-order valence-electron chi connectivity index (χ2n) is 6.99. The zero-order chi connectivity index (χ0) is 22.8. The Bertz CT molecular complexity index is 1100. The van der Waals surface area contributed by atoms with Crippen molar-refractivity contribution in [2.45, 2.75) is 24.5 Å². The van der Waals surface area contributed by atoms with Crippen molar-refractivity contribution in [3.63, 3.8) is 0 Å². The normalized spacial score (nSPS) is 10.3. The maximum absolute atomic E-state index is 12.7. The van der Waals surface area contributed by atoms with Crippen molar-refractivity contribution in [3.05, 3.63) is 71.4 Å². The van der Waals surface area contributed by atoms with Gasteiger partial charge in [-0.15, -0.1) is 0 Å². The molecular weight excluding hydrogens is 442 g/mol. The molecule has 1 aromatic heterocycles. The van der Waals surface area contributed by atoms with Gasteiger partial charge in [0.05, 0.1) is 49.2 Å². The van der Waals surface area contributed by atoms with Crippen LogP contribution in [-0.4, -0.2) is 39.2 Å². The molecule has 0 atom stereocenters. The summed E-state index contributed by atoms with van der Waals surface area (Å²) in [5.74, 6) is 0.0747. The Labute approximate surface area is 197 Å². The molecule has 0 saturated carbocycles. The van der Waals surface area contributed by atoms with Crippen molar-refractivity contribution in [1.82, 2.24) is 14.5 Å². The second kappa shape index (κ2) is 12.0. The van der Waals surface area contributed by atoms with Gasteiger partial charge in [-0.25, -0.2) is 4.98 Å². The van der Waals surface area contributed by atoms with E-state index in [1.54, 1.807) is 4.90 Å². The summed E-state index contributed by atoms with van der Waals surface area (Å²) in [6.45, 7) is 1.26. The molecule has 32 heavy (non-hydrogen) atoms. The van der Waals surface area contributed by atoms with E-state index in [4.69, 9.17) is 22.1 Å². The molecule has 0 N–H and O–H groups in total. The highest BCUT2D eigenvalue weighted by Gasteiger charge is 2.17. The molecule has 0 aliphatic rings. The fraction of sp³-hybridized carbons (Fsp3) is 0.250. The first-order valence-corrected chi connectivity index (χ1v) is 11.5. The van der Waals surface area contributed by atoms with Gasteiger partial charge < -0.3 is 9.47 Å². The lowest BCUT2D eigenvalue weighted by Crippen LogP contribution is -2.34. The second-order valence-corrected chi connectivity index (χ2v) is 8.37. The molecular formula is C24H22ClN5OS. The number of rotatable bonds is 10. The summed E-state index contributed by atoms with van der Waals surface area (Å²) in [5.41, 5.74) is 3.05. The van der Waals surface area contributed by atoms with Crippen molar-refractivity contribution >= 4 is 29.3 Å². The van der Waals surface area contributed by atoms with Crippen molar-refractivity contribution in [2.24, 2.45) is 0 Å². The van der Waals surface area contributed by atoms with E-state index in [2.05, 4.69) is 33.8 Å². The first-order chi connectivity index (χ1) is 15.6. The highest BCUT2D eigenvalue weighted by Crippen LogP contribution is 2.28. The molecule has 8 heteroatoms. The van der Waals surface area contributed by atoms with E-state index in [0.29, 0.717) is 24.7 Å². The number of aromatic nitrogens is 2. The van der Waals surface area contributed by atoms with Crippen LogP contribution in [0.3, 0.4) is 0 Å². The maximum Gasteiger partial charge on any atom is 0.233 e. The van der Waals surface area contributed by atoms with Gasteiger partial charge in [0.15, 0.2) is 5.16 Å². The minimum Gasteiger partial charge on any atom is -0.340 e. The van der Waals surface area contributed by atoms with E-state index >= 15 is 0 Å². The molecule has 0 radical (unpaired) electrons. The Morgan fingerprint density at radius 3 is 2.31 bits per heavy atom. The summed E-state index contributed by atoms with van der Waals surface area (Å²) in [6, 6.07) is 21.8. The molecule has 0 spiro atoms. The van der Waals surface area contributed by atoms with Gasteiger partial charge in [-0.2, -0.15) is 10.5 Å². The summed E-state index contributed by atoms with van der Waals surface area (Å²) in [6.07, 6.45) is 2.29.